The highest BCUT2D eigenvalue weighted by atomic mass is 35.5. The van der Waals surface area contributed by atoms with Gasteiger partial charge in [-0.05, 0) is 75.0 Å². The van der Waals surface area contributed by atoms with Gasteiger partial charge in [0.1, 0.15) is 11.5 Å². The summed E-state index contributed by atoms with van der Waals surface area (Å²) in [6, 6.07) is 20.9. The normalized spacial score (nSPS) is 12.6. The average Bonchev–Trinajstić information content (AvgIpc) is 3.05. The van der Waals surface area contributed by atoms with Gasteiger partial charge in [-0.25, -0.2) is 4.79 Å². The maximum Gasteiger partial charge on any atom is 0.317 e. The number of carbonyl (C=O) groups excluding carboxylic acids is 3. The van der Waals surface area contributed by atoms with Gasteiger partial charge in [0.2, 0.25) is 0 Å². The number of ether oxygens (including phenoxy) is 2. The summed E-state index contributed by atoms with van der Waals surface area (Å²) in [7, 11) is 3.72. The van der Waals surface area contributed by atoms with E-state index in [-0.39, 0.29) is 42.7 Å². The van der Waals surface area contributed by atoms with E-state index in [1.807, 2.05) is 17.0 Å². The lowest BCUT2D eigenvalue weighted by Gasteiger charge is -2.32. The average molecular weight is 676 g/mol. The number of para-hydroxylation sites is 3. The SMILES string of the molecule is CN1CCN(C(=O)NCCCOc2ccccc2N(C)C(=O)c2ccccc2NC(=O)c2ccc(OCCCN)cc2)CC1.Cl.Cl. The van der Waals surface area contributed by atoms with Crippen LogP contribution in [0.3, 0.4) is 0 Å². The predicted octanol–water partition coefficient (Wildman–Crippen LogP) is 4.51. The minimum atomic E-state index is -0.343. The fourth-order valence-corrected chi connectivity index (χ4v) is 4.67. The Hall–Kier alpha value is -4.03. The van der Waals surface area contributed by atoms with E-state index in [0.717, 1.165) is 32.6 Å². The van der Waals surface area contributed by atoms with Gasteiger partial charge in [0.15, 0.2) is 0 Å². The highest BCUT2D eigenvalue weighted by molar-refractivity contribution is 6.13. The highest BCUT2D eigenvalue weighted by Gasteiger charge is 2.21. The van der Waals surface area contributed by atoms with E-state index in [4.69, 9.17) is 15.2 Å². The Morgan fingerprint density at radius 3 is 2.22 bits per heavy atom. The molecule has 0 unspecified atom stereocenters. The summed E-state index contributed by atoms with van der Waals surface area (Å²) >= 11 is 0. The van der Waals surface area contributed by atoms with Crippen LogP contribution in [0.1, 0.15) is 33.6 Å². The molecule has 0 bridgehead atoms. The van der Waals surface area contributed by atoms with Gasteiger partial charge in [-0.15, -0.1) is 24.8 Å². The number of halogens is 2. The number of anilines is 2. The topological polar surface area (TPSA) is 129 Å². The van der Waals surface area contributed by atoms with Crippen LogP contribution in [0.2, 0.25) is 0 Å². The Kier molecular flexibility index (Phi) is 16.2. The first-order chi connectivity index (χ1) is 21.4. The van der Waals surface area contributed by atoms with Crippen molar-refractivity contribution in [2.45, 2.75) is 12.8 Å². The molecule has 0 radical (unpaired) electrons. The van der Waals surface area contributed by atoms with Gasteiger partial charge in [-0.2, -0.15) is 0 Å². The number of hydrogen-bond donors (Lipinski definition) is 3. The van der Waals surface area contributed by atoms with Crippen molar-refractivity contribution in [2.75, 3.05) is 76.8 Å². The number of amides is 4. The number of benzene rings is 3. The summed E-state index contributed by atoms with van der Waals surface area (Å²) in [5, 5.41) is 5.82. The van der Waals surface area contributed by atoms with Gasteiger partial charge in [-0.1, -0.05) is 24.3 Å². The van der Waals surface area contributed by atoms with Crippen molar-refractivity contribution in [2.24, 2.45) is 5.73 Å². The summed E-state index contributed by atoms with van der Waals surface area (Å²) < 4.78 is 11.6. The molecule has 4 N–H and O–H groups in total. The third-order valence-electron chi connectivity index (χ3n) is 7.32. The van der Waals surface area contributed by atoms with Crippen LogP contribution in [0, 0.1) is 0 Å². The molecule has 0 spiro atoms. The maximum atomic E-state index is 13.7. The van der Waals surface area contributed by atoms with Gasteiger partial charge >= 0.3 is 6.03 Å². The van der Waals surface area contributed by atoms with Crippen LogP contribution in [-0.4, -0.2) is 94.2 Å². The van der Waals surface area contributed by atoms with Gasteiger partial charge in [0.05, 0.1) is 30.2 Å². The number of carbonyl (C=O) groups is 3. The molecule has 3 aromatic carbocycles. The van der Waals surface area contributed by atoms with Crippen molar-refractivity contribution in [1.82, 2.24) is 15.1 Å². The summed E-state index contributed by atoms with van der Waals surface area (Å²) in [6.07, 6.45) is 1.36. The molecule has 1 saturated heterocycles. The molecule has 0 saturated carbocycles. The second kappa shape index (κ2) is 19.5. The number of nitrogens with zero attached hydrogens (tertiary/aromatic N) is 3. The summed E-state index contributed by atoms with van der Waals surface area (Å²) in [4.78, 5) is 44.6. The number of urea groups is 1. The lowest BCUT2D eigenvalue weighted by atomic mass is 10.1. The van der Waals surface area contributed by atoms with E-state index < -0.39 is 0 Å². The van der Waals surface area contributed by atoms with E-state index in [9.17, 15) is 14.4 Å². The van der Waals surface area contributed by atoms with E-state index >= 15 is 0 Å². The summed E-state index contributed by atoms with van der Waals surface area (Å²) in [5.41, 5.74) is 7.26. The van der Waals surface area contributed by atoms with E-state index in [0.29, 0.717) is 66.7 Å². The molecule has 1 fully saturated rings. The fraction of sp³-hybridized carbons (Fsp3) is 0.364. The van der Waals surface area contributed by atoms with Gasteiger partial charge in [-0.3, -0.25) is 9.59 Å². The van der Waals surface area contributed by atoms with Crippen molar-refractivity contribution in [3.8, 4) is 11.5 Å². The summed E-state index contributed by atoms with van der Waals surface area (Å²) in [5.74, 6) is 0.553. The second-order valence-electron chi connectivity index (χ2n) is 10.6. The standard InChI is InChI=1S/C33H42N6O5.2ClH/c1-37-19-21-39(22-20-37)33(42)35-18-8-24-44-30-12-6-5-11-29(30)38(2)32(41)27-9-3-4-10-28(27)36-31(40)25-13-15-26(16-14-25)43-23-7-17-34;;/h3-6,9-16H,7-8,17-24,34H2,1-2H3,(H,35,42)(H,36,40);2*1H. The van der Waals surface area contributed by atoms with Crippen LogP contribution >= 0.6 is 24.8 Å². The number of likely N-dealkylation sites (N-methyl/N-ethyl adjacent to an activating group) is 1. The fourth-order valence-electron chi connectivity index (χ4n) is 4.67. The Balaban J connectivity index is 0.00000368. The number of piperazine rings is 1. The zero-order valence-corrected chi connectivity index (χ0v) is 27.9. The monoisotopic (exact) mass is 674 g/mol. The lowest BCUT2D eigenvalue weighted by Crippen LogP contribution is -2.50. The Morgan fingerprint density at radius 1 is 0.848 bits per heavy atom. The largest absolute Gasteiger partial charge is 0.494 e. The van der Waals surface area contributed by atoms with Crippen LogP contribution in [-0.2, 0) is 0 Å². The summed E-state index contributed by atoms with van der Waals surface area (Å²) in [6.45, 7) is 5.09. The van der Waals surface area contributed by atoms with Crippen molar-refractivity contribution in [3.05, 3.63) is 83.9 Å². The van der Waals surface area contributed by atoms with E-state index in [1.165, 1.54) is 4.90 Å². The zero-order valence-electron chi connectivity index (χ0n) is 26.3. The minimum absolute atomic E-state index is 0. The predicted molar refractivity (Wildman–Crippen MR) is 186 cm³/mol. The van der Waals surface area contributed by atoms with Crippen LogP contribution < -0.4 is 30.7 Å². The second-order valence-corrected chi connectivity index (χ2v) is 10.6. The van der Waals surface area contributed by atoms with Crippen molar-refractivity contribution >= 4 is 54.0 Å². The molecule has 13 heteroatoms. The van der Waals surface area contributed by atoms with Crippen LogP contribution in [0.4, 0.5) is 16.2 Å². The molecular weight excluding hydrogens is 631 g/mol. The first-order valence-electron chi connectivity index (χ1n) is 14.9. The molecule has 1 aliphatic heterocycles. The quantitative estimate of drug-likeness (QED) is 0.228. The molecule has 1 aliphatic rings. The molecule has 0 atom stereocenters. The van der Waals surface area contributed by atoms with E-state index in [2.05, 4.69) is 22.6 Å². The van der Waals surface area contributed by atoms with Crippen molar-refractivity contribution in [3.63, 3.8) is 0 Å². The van der Waals surface area contributed by atoms with Gasteiger partial charge in [0, 0.05) is 45.3 Å². The smallest absolute Gasteiger partial charge is 0.317 e. The zero-order chi connectivity index (χ0) is 31.3. The lowest BCUT2D eigenvalue weighted by molar-refractivity contribution is 0.0993. The molecule has 4 rings (SSSR count). The van der Waals surface area contributed by atoms with Gasteiger partial charge < -0.3 is 40.5 Å². The molecular formula is C33H44Cl2N6O5. The highest BCUT2D eigenvalue weighted by Crippen LogP contribution is 2.30. The third-order valence-corrected chi connectivity index (χ3v) is 7.32. The molecule has 11 nitrogen and oxygen atoms in total. The molecule has 1 heterocycles. The molecule has 0 aromatic heterocycles. The Morgan fingerprint density at radius 2 is 1.50 bits per heavy atom. The Bertz CT molecular complexity index is 1400. The number of nitrogens with one attached hydrogen (secondary N) is 2. The van der Waals surface area contributed by atoms with Crippen LogP contribution in [0.5, 0.6) is 11.5 Å². The first-order valence-corrected chi connectivity index (χ1v) is 14.9. The minimum Gasteiger partial charge on any atom is -0.494 e. The van der Waals surface area contributed by atoms with E-state index in [1.54, 1.807) is 67.7 Å². The third kappa shape index (κ3) is 10.8. The first kappa shape index (κ1) is 38.2. The van der Waals surface area contributed by atoms with Crippen LogP contribution in [0.15, 0.2) is 72.8 Å². The Labute approximate surface area is 283 Å². The van der Waals surface area contributed by atoms with Crippen molar-refractivity contribution < 1.29 is 23.9 Å². The molecule has 46 heavy (non-hydrogen) atoms. The number of hydrogen-bond acceptors (Lipinski definition) is 7. The maximum absolute atomic E-state index is 13.7. The van der Waals surface area contributed by atoms with Crippen molar-refractivity contribution in [1.29, 1.82) is 0 Å². The number of nitrogens with two attached hydrogens (primary N) is 1. The molecule has 3 aromatic rings. The molecule has 0 aliphatic carbocycles. The number of rotatable bonds is 13. The molecule has 4 amide bonds. The van der Waals surface area contributed by atoms with Crippen LogP contribution in [0.25, 0.3) is 0 Å². The molecule has 250 valence electrons. The van der Waals surface area contributed by atoms with Gasteiger partial charge in [0.25, 0.3) is 11.8 Å².